The van der Waals surface area contributed by atoms with Crippen molar-refractivity contribution in [3.05, 3.63) is 0 Å². The molecule has 1 fully saturated rings. The molecule has 0 aromatic heterocycles. The summed E-state index contributed by atoms with van der Waals surface area (Å²) in [6, 6.07) is 0. The summed E-state index contributed by atoms with van der Waals surface area (Å²) in [7, 11) is -2.82. The lowest BCUT2D eigenvalue weighted by Crippen LogP contribution is -2.17. The Morgan fingerprint density at radius 3 is 1.85 bits per heavy atom. The Balaban J connectivity index is 0. The summed E-state index contributed by atoms with van der Waals surface area (Å²) in [5, 5.41) is 0. The molecule has 0 saturated carbocycles. The van der Waals surface area contributed by atoms with Crippen LogP contribution < -0.4 is 6.15 Å². The molecule has 0 aromatic rings. The first kappa shape index (κ1) is 14.8. The summed E-state index contributed by atoms with van der Waals surface area (Å²) >= 11 is 0. The van der Waals surface area contributed by atoms with Gasteiger partial charge in [0.25, 0.3) is 0 Å². The van der Waals surface area contributed by atoms with Crippen LogP contribution in [-0.2, 0) is 15.2 Å². The molecule has 0 bridgehead atoms. The van der Waals surface area contributed by atoms with E-state index in [1.165, 1.54) is 0 Å². The van der Waals surface area contributed by atoms with Gasteiger partial charge in [-0.05, 0) is 6.42 Å². The van der Waals surface area contributed by atoms with Crippen LogP contribution >= 0.6 is 0 Å². The van der Waals surface area contributed by atoms with Crippen molar-refractivity contribution in [2.24, 2.45) is 0 Å². The molecule has 0 atom stereocenters. The topological polar surface area (TPSA) is 130 Å². The average molecular weight is 214 g/mol. The highest BCUT2D eigenvalue weighted by Crippen LogP contribution is 2.04. The lowest BCUT2D eigenvalue weighted by atomic mass is 10.4. The Bertz CT molecular complexity index is 242. The molecule has 1 aliphatic heterocycles. The first-order chi connectivity index (χ1) is 5.30. The highest BCUT2D eigenvalue weighted by molar-refractivity contribution is 7.79. The predicted octanol–water partition coefficient (Wildman–Crippen LogP) is -0.252. The Kier molecular flexibility index (Phi) is 6.68. The summed E-state index contributed by atoms with van der Waals surface area (Å²) < 4.78 is 31.6. The smallest absolute Gasteiger partial charge is 0.346 e. The van der Waals surface area contributed by atoms with E-state index >= 15 is 0 Å². The minimum absolute atomic E-state index is 0. The van der Waals surface area contributed by atoms with E-state index in [9.17, 15) is 4.79 Å². The van der Waals surface area contributed by atoms with E-state index in [-0.39, 0.29) is 6.15 Å². The normalized spacial score (nSPS) is 15.9. The predicted molar refractivity (Wildman–Crippen MR) is 46.1 cm³/mol. The molecule has 1 heterocycles. The molecule has 1 rings (SSSR count). The molecule has 0 radical (unpaired) electrons. The lowest BCUT2D eigenvalue weighted by Gasteiger charge is -2.03. The van der Waals surface area contributed by atoms with Crippen LogP contribution in [0, 0.1) is 0 Å². The molecule has 1 amide bonds. The minimum atomic E-state index is -4.67. The van der Waals surface area contributed by atoms with Crippen molar-refractivity contribution < 1.29 is 22.3 Å². The van der Waals surface area contributed by atoms with Gasteiger partial charge >= 0.3 is 10.4 Å². The van der Waals surface area contributed by atoms with E-state index in [2.05, 4.69) is 0 Å². The monoisotopic (exact) mass is 214 g/mol. The highest BCUT2D eigenvalue weighted by atomic mass is 32.3. The summed E-state index contributed by atoms with van der Waals surface area (Å²) in [5.41, 5.74) is 0. The average Bonchev–Trinajstić information content (AvgIpc) is 2.12. The van der Waals surface area contributed by atoms with Gasteiger partial charge in [-0.15, -0.1) is 0 Å². The Hall–Kier alpha value is -0.700. The van der Waals surface area contributed by atoms with E-state index < -0.39 is 10.4 Å². The number of rotatable bonds is 0. The van der Waals surface area contributed by atoms with Crippen LogP contribution in [0.2, 0.25) is 0 Å². The van der Waals surface area contributed by atoms with Crippen molar-refractivity contribution >= 4 is 16.3 Å². The second kappa shape index (κ2) is 5.86. The van der Waals surface area contributed by atoms with Gasteiger partial charge in [0.1, 0.15) is 0 Å². The van der Waals surface area contributed by atoms with Gasteiger partial charge < -0.3 is 11.1 Å². The third-order valence-corrected chi connectivity index (χ3v) is 1.31. The van der Waals surface area contributed by atoms with Gasteiger partial charge in [0.2, 0.25) is 5.91 Å². The zero-order valence-electron chi connectivity index (χ0n) is 7.30. The fourth-order valence-corrected chi connectivity index (χ4v) is 0.783. The molecule has 5 N–H and O–H groups in total. The second-order valence-electron chi connectivity index (χ2n) is 2.37. The quantitative estimate of drug-likeness (QED) is 0.476. The standard InChI is InChI=1S/C5H9NO.H3N.H2O4S/c1-6-4-2-3-5(6)7;;1-5(2,3)4/h2-4H2,1H3;1H3;(H2,1,2,3,4). The van der Waals surface area contributed by atoms with E-state index in [1.54, 1.807) is 4.90 Å². The van der Waals surface area contributed by atoms with Crippen LogP contribution in [0.5, 0.6) is 0 Å². The molecule has 8 heteroatoms. The molecule has 1 saturated heterocycles. The van der Waals surface area contributed by atoms with Gasteiger partial charge in [0, 0.05) is 20.0 Å². The molecular weight excluding hydrogens is 200 g/mol. The van der Waals surface area contributed by atoms with Crippen LogP contribution in [0.25, 0.3) is 0 Å². The van der Waals surface area contributed by atoms with Crippen LogP contribution in [0.4, 0.5) is 0 Å². The van der Waals surface area contributed by atoms with Gasteiger partial charge in [-0.1, -0.05) is 0 Å². The van der Waals surface area contributed by atoms with Gasteiger partial charge in [-0.25, -0.2) is 0 Å². The number of carbonyl (C=O) groups is 1. The molecule has 0 aliphatic carbocycles. The Morgan fingerprint density at radius 2 is 1.77 bits per heavy atom. The zero-order valence-corrected chi connectivity index (χ0v) is 8.12. The van der Waals surface area contributed by atoms with Crippen molar-refractivity contribution in [2.45, 2.75) is 12.8 Å². The van der Waals surface area contributed by atoms with Crippen molar-refractivity contribution in [2.75, 3.05) is 13.6 Å². The number of amides is 1. The summed E-state index contributed by atoms with van der Waals surface area (Å²) in [6.07, 6.45) is 1.81. The molecule has 0 aromatic carbocycles. The maximum atomic E-state index is 10.5. The van der Waals surface area contributed by atoms with E-state index in [0.29, 0.717) is 5.91 Å². The SMILES string of the molecule is CN1CCCC1=O.N.O=S(=O)(O)O. The summed E-state index contributed by atoms with van der Waals surface area (Å²) in [4.78, 5) is 12.3. The van der Waals surface area contributed by atoms with Crippen molar-refractivity contribution in [1.29, 1.82) is 0 Å². The third kappa shape index (κ3) is 11.3. The molecule has 7 nitrogen and oxygen atoms in total. The maximum Gasteiger partial charge on any atom is 0.394 e. The number of nitrogens with zero attached hydrogens (tertiary/aromatic N) is 1. The van der Waals surface area contributed by atoms with Crippen molar-refractivity contribution in [1.82, 2.24) is 11.1 Å². The lowest BCUT2D eigenvalue weighted by molar-refractivity contribution is -0.126. The number of hydrogen-bond donors (Lipinski definition) is 3. The van der Waals surface area contributed by atoms with Crippen LogP contribution in [0.1, 0.15) is 12.8 Å². The largest absolute Gasteiger partial charge is 0.394 e. The van der Waals surface area contributed by atoms with Crippen LogP contribution in [0.15, 0.2) is 0 Å². The molecule has 0 spiro atoms. The van der Waals surface area contributed by atoms with Crippen LogP contribution in [-0.4, -0.2) is 41.9 Å². The first-order valence-electron chi connectivity index (χ1n) is 3.24. The van der Waals surface area contributed by atoms with Crippen molar-refractivity contribution in [3.63, 3.8) is 0 Å². The van der Waals surface area contributed by atoms with Gasteiger partial charge in [-0.3, -0.25) is 13.9 Å². The van der Waals surface area contributed by atoms with Gasteiger partial charge in [0.15, 0.2) is 0 Å². The van der Waals surface area contributed by atoms with Gasteiger partial charge in [-0.2, -0.15) is 8.42 Å². The molecule has 80 valence electrons. The summed E-state index contributed by atoms with van der Waals surface area (Å²) in [5.74, 6) is 0.292. The van der Waals surface area contributed by atoms with E-state index in [1.807, 2.05) is 7.05 Å². The zero-order chi connectivity index (χ0) is 9.78. The fourth-order valence-electron chi connectivity index (χ4n) is 0.783. The van der Waals surface area contributed by atoms with Crippen LogP contribution in [0.3, 0.4) is 0 Å². The summed E-state index contributed by atoms with van der Waals surface area (Å²) in [6.45, 7) is 0.957. The molecular formula is C5H14N2O5S. The maximum absolute atomic E-state index is 10.5. The fraction of sp³-hybridized carbons (Fsp3) is 0.800. The molecule has 13 heavy (non-hydrogen) atoms. The molecule has 1 aliphatic rings. The van der Waals surface area contributed by atoms with E-state index in [0.717, 1.165) is 19.4 Å². The second-order valence-corrected chi connectivity index (χ2v) is 3.26. The Morgan fingerprint density at radius 1 is 1.38 bits per heavy atom. The Labute approximate surface area is 76.9 Å². The van der Waals surface area contributed by atoms with Crippen molar-refractivity contribution in [3.8, 4) is 0 Å². The first-order valence-corrected chi connectivity index (χ1v) is 4.64. The number of carbonyl (C=O) groups excluding carboxylic acids is 1. The molecule has 0 unspecified atom stereocenters. The minimum Gasteiger partial charge on any atom is -0.346 e. The number of likely N-dealkylation sites (tertiary alicyclic amines) is 1. The third-order valence-electron chi connectivity index (χ3n) is 1.31. The van der Waals surface area contributed by atoms with E-state index in [4.69, 9.17) is 17.5 Å². The number of hydrogen-bond acceptors (Lipinski definition) is 4. The highest BCUT2D eigenvalue weighted by Gasteiger charge is 2.14. The van der Waals surface area contributed by atoms with Gasteiger partial charge in [0.05, 0.1) is 0 Å².